The third-order valence-electron chi connectivity index (χ3n) is 6.55. The Hall–Kier alpha value is -3.27. The molecule has 0 radical (unpaired) electrons. The lowest BCUT2D eigenvalue weighted by molar-refractivity contribution is 0.564. The molecule has 3 heteroatoms. The largest absolute Gasteiger partial charge is 0.460 e. The van der Waals surface area contributed by atoms with E-state index >= 15 is 0 Å². The Bertz CT molecular complexity index is 1400. The average Bonchev–Trinajstić information content (AvgIpc) is 3.48. The highest BCUT2D eigenvalue weighted by Gasteiger charge is 2.22. The first-order chi connectivity index (χ1) is 16.7. The van der Waals surface area contributed by atoms with E-state index in [0.717, 1.165) is 17.8 Å². The van der Waals surface area contributed by atoms with E-state index in [0.29, 0.717) is 11.4 Å². The summed E-state index contributed by atoms with van der Waals surface area (Å²) in [5.74, 6) is 2.18. The Morgan fingerprint density at radius 2 is 1.41 bits per heavy atom. The van der Waals surface area contributed by atoms with Crippen LogP contribution < -0.4 is 5.32 Å². The molecule has 0 spiro atoms. The van der Waals surface area contributed by atoms with Gasteiger partial charge in [0, 0.05) is 29.2 Å². The van der Waals surface area contributed by atoms with Gasteiger partial charge in [0.15, 0.2) is 0 Å². The average molecular weight is 462 g/mol. The third-order valence-corrected chi connectivity index (χ3v) is 7.98. The van der Waals surface area contributed by atoms with E-state index in [1.165, 1.54) is 44.5 Å². The second-order valence-electron chi connectivity index (χ2n) is 9.04. The summed E-state index contributed by atoms with van der Waals surface area (Å²) in [4.78, 5) is 0. The zero-order valence-electron chi connectivity index (χ0n) is 19.2. The molecule has 0 aliphatic carbocycles. The highest BCUT2D eigenvalue weighted by atomic mass is 32.2. The quantitative estimate of drug-likeness (QED) is 0.286. The molecule has 4 aromatic carbocycles. The van der Waals surface area contributed by atoms with Crippen LogP contribution in [0.3, 0.4) is 0 Å². The molecule has 1 aliphatic rings. The van der Waals surface area contributed by atoms with Crippen molar-refractivity contribution in [2.24, 2.45) is 0 Å². The van der Waals surface area contributed by atoms with Crippen LogP contribution in [-0.2, 0) is 6.42 Å². The highest BCUT2D eigenvalue weighted by Crippen LogP contribution is 2.37. The van der Waals surface area contributed by atoms with Gasteiger partial charge in [0.2, 0.25) is 0 Å². The molecular formula is C31H27NOS. The predicted octanol–water partition coefficient (Wildman–Crippen LogP) is 8.08. The second-order valence-corrected chi connectivity index (χ2v) is 10.2. The molecular weight excluding hydrogens is 434 g/mol. The molecule has 2 heterocycles. The molecule has 34 heavy (non-hydrogen) atoms. The van der Waals surface area contributed by atoms with Crippen molar-refractivity contribution in [3.05, 3.63) is 120 Å². The van der Waals surface area contributed by atoms with Crippen molar-refractivity contribution in [2.45, 2.75) is 24.8 Å². The predicted molar refractivity (Wildman–Crippen MR) is 144 cm³/mol. The SMILES string of the molecule is CC1CSC(c2ccc(-c3ccc(-c4c(Cc5ccccc5)oc5ccccc45)cc3)cc2)N1. The monoisotopic (exact) mass is 461 g/mol. The van der Waals surface area contributed by atoms with Gasteiger partial charge in [-0.3, -0.25) is 5.32 Å². The summed E-state index contributed by atoms with van der Waals surface area (Å²) in [5, 5.41) is 5.22. The van der Waals surface area contributed by atoms with Crippen LogP contribution in [0, 0.1) is 0 Å². The molecule has 1 saturated heterocycles. The zero-order valence-corrected chi connectivity index (χ0v) is 20.0. The lowest BCUT2D eigenvalue weighted by Crippen LogP contribution is -2.21. The van der Waals surface area contributed by atoms with Crippen molar-refractivity contribution in [3.8, 4) is 22.3 Å². The summed E-state index contributed by atoms with van der Waals surface area (Å²) in [6, 6.07) is 37.3. The Labute approximate surface area is 205 Å². The molecule has 168 valence electrons. The fourth-order valence-electron chi connectivity index (χ4n) is 4.79. The first-order valence-electron chi connectivity index (χ1n) is 11.9. The topological polar surface area (TPSA) is 25.2 Å². The maximum absolute atomic E-state index is 6.33. The van der Waals surface area contributed by atoms with E-state index in [-0.39, 0.29) is 0 Å². The van der Waals surface area contributed by atoms with Crippen LogP contribution in [0.15, 0.2) is 108 Å². The van der Waals surface area contributed by atoms with Crippen molar-refractivity contribution in [1.82, 2.24) is 5.32 Å². The summed E-state index contributed by atoms with van der Waals surface area (Å²) in [6.07, 6.45) is 0.778. The van der Waals surface area contributed by atoms with Gasteiger partial charge < -0.3 is 4.42 Å². The summed E-state index contributed by atoms with van der Waals surface area (Å²) in [5.41, 5.74) is 8.40. The van der Waals surface area contributed by atoms with Crippen LogP contribution in [0.2, 0.25) is 0 Å². The molecule has 2 nitrogen and oxygen atoms in total. The van der Waals surface area contributed by atoms with Gasteiger partial charge in [-0.15, -0.1) is 11.8 Å². The smallest absolute Gasteiger partial charge is 0.134 e. The molecule has 2 atom stereocenters. The van der Waals surface area contributed by atoms with Gasteiger partial charge in [-0.05, 0) is 40.8 Å². The van der Waals surface area contributed by atoms with Crippen molar-refractivity contribution < 1.29 is 4.42 Å². The van der Waals surface area contributed by atoms with Crippen LogP contribution >= 0.6 is 11.8 Å². The first-order valence-corrected chi connectivity index (χ1v) is 12.9. The zero-order chi connectivity index (χ0) is 22.9. The van der Waals surface area contributed by atoms with Gasteiger partial charge >= 0.3 is 0 Å². The summed E-state index contributed by atoms with van der Waals surface area (Å²) < 4.78 is 6.33. The number of hydrogen-bond acceptors (Lipinski definition) is 3. The standard InChI is InChI=1S/C31H27NOS/c1-21-20-34-31(32-21)26-17-13-24(14-18-26)23-11-15-25(16-12-23)30-27-9-5-6-10-28(27)33-29(30)19-22-7-3-2-4-8-22/h2-18,21,31-32H,19-20H2,1H3. The minimum Gasteiger partial charge on any atom is -0.460 e. The van der Waals surface area contributed by atoms with E-state index < -0.39 is 0 Å². The van der Waals surface area contributed by atoms with Crippen LogP contribution in [0.4, 0.5) is 0 Å². The van der Waals surface area contributed by atoms with Crippen LogP contribution in [0.25, 0.3) is 33.2 Å². The molecule has 1 aromatic heterocycles. The van der Waals surface area contributed by atoms with Gasteiger partial charge in [0.1, 0.15) is 11.3 Å². The van der Waals surface area contributed by atoms with Crippen molar-refractivity contribution >= 4 is 22.7 Å². The van der Waals surface area contributed by atoms with Crippen molar-refractivity contribution in [1.29, 1.82) is 0 Å². The van der Waals surface area contributed by atoms with Gasteiger partial charge in [0.05, 0.1) is 5.37 Å². The summed E-state index contributed by atoms with van der Waals surface area (Å²) >= 11 is 1.99. The maximum Gasteiger partial charge on any atom is 0.134 e. The number of rotatable bonds is 5. The number of para-hydroxylation sites is 1. The van der Waals surface area contributed by atoms with Crippen LogP contribution in [0.1, 0.15) is 29.2 Å². The fourth-order valence-corrected chi connectivity index (χ4v) is 6.04. The Kier molecular flexibility index (Phi) is 5.74. The molecule has 0 saturated carbocycles. The van der Waals surface area contributed by atoms with E-state index in [2.05, 4.69) is 109 Å². The van der Waals surface area contributed by atoms with Crippen LogP contribution in [0.5, 0.6) is 0 Å². The van der Waals surface area contributed by atoms with Gasteiger partial charge in [0.25, 0.3) is 0 Å². The van der Waals surface area contributed by atoms with Gasteiger partial charge in [-0.25, -0.2) is 0 Å². The van der Waals surface area contributed by atoms with E-state index in [4.69, 9.17) is 4.42 Å². The first kappa shape index (κ1) is 21.3. The normalized spacial score (nSPS) is 17.9. The number of nitrogens with one attached hydrogen (secondary N) is 1. The lowest BCUT2D eigenvalue weighted by atomic mass is 9.96. The Morgan fingerprint density at radius 1 is 0.765 bits per heavy atom. The highest BCUT2D eigenvalue weighted by molar-refractivity contribution is 7.99. The van der Waals surface area contributed by atoms with Gasteiger partial charge in [-0.1, -0.05) is 97.1 Å². The number of benzene rings is 4. The minimum absolute atomic E-state index is 0.406. The lowest BCUT2D eigenvalue weighted by Gasteiger charge is -2.12. The van der Waals surface area contributed by atoms with Crippen molar-refractivity contribution in [3.63, 3.8) is 0 Å². The number of furan rings is 1. The van der Waals surface area contributed by atoms with Crippen LogP contribution in [-0.4, -0.2) is 11.8 Å². The molecule has 5 aromatic rings. The fraction of sp³-hybridized carbons (Fsp3) is 0.161. The minimum atomic E-state index is 0.406. The van der Waals surface area contributed by atoms with E-state index in [1.807, 2.05) is 17.8 Å². The maximum atomic E-state index is 6.33. The summed E-state index contributed by atoms with van der Waals surface area (Å²) in [6.45, 7) is 2.25. The number of fused-ring (bicyclic) bond motifs is 1. The molecule has 6 rings (SSSR count). The van der Waals surface area contributed by atoms with E-state index in [1.54, 1.807) is 0 Å². The third kappa shape index (κ3) is 4.18. The molecule has 2 unspecified atom stereocenters. The van der Waals surface area contributed by atoms with E-state index in [9.17, 15) is 0 Å². The van der Waals surface area contributed by atoms with Gasteiger partial charge in [-0.2, -0.15) is 0 Å². The number of hydrogen-bond donors (Lipinski definition) is 1. The Morgan fingerprint density at radius 3 is 2.12 bits per heavy atom. The summed E-state index contributed by atoms with van der Waals surface area (Å²) in [7, 11) is 0. The van der Waals surface area contributed by atoms with Crippen molar-refractivity contribution in [2.75, 3.05) is 5.75 Å². The second kappa shape index (κ2) is 9.17. The Balaban J connectivity index is 1.31. The molecule has 0 amide bonds. The molecule has 1 aliphatic heterocycles. The number of thioether (sulfide) groups is 1. The molecule has 1 fully saturated rings. The molecule has 0 bridgehead atoms. The molecule has 1 N–H and O–H groups in total.